The van der Waals surface area contributed by atoms with Gasteiger partial charge in [0.2, 0.25) is 0 Å². The molecule has 0 unspecified atom stereocenters. The summed E-state index contributed by atoms with van der Waals surface area (Å²) < 4.78 is 39.9. The van der Waals surface area contributed by atoms with Gasteiger partial charge in [-0.3, -0.25) is 4.72 Å². The highest BCUT2D eigenvalue weighted by Gasteiger charge is 2.17. The van der Waals surface area contributed by atoms with E-state index in [1.165, 1.54) is 6.20 Å². The van der Waals surface area contributed by atoms with E-state index >= 15 is 0 Å². The quantitative estimate of drug-likeness (QED) is 0.848. The topological polar surface area (TPSA) is 59.1 Å². The van der Waals surface area contributed by atoms with Crippen LogP contribution < -0.4 is 4.72 Å². The first-order chi connectivity index (χ1) is 8.90. The number of halogens is 3. The van der Waals surface area contributed by atoms with Crippen molar-refractivity contribution in [3.63, 3.8) is 0 Å². The second-order valence-electron chi connectivity index (χ2n) is 3.52. The molecule has 1 heterocycles. The summed E-state index contributed by atoms with van der Waals surface area (Å²) in [5.74, 6) is -0.678. The average molecular weight is 366 g/mol. The third-order valence-electron chi connectivity index (χ3n) is 2.20. The number of aromatic nitrogens is 1. The van der Waals surface area contributed by atoms with Crippen molar-refractivity contribution in [2.75, 3.05) is 4.72 Å². The Morgan fingerprint density at radius 3 is 2.68 bits per heavy atom. The average Bonchev–Trinajstić information content (AvgIpc) is 2.35. The van der Waals surface area contributed by atoms with Crippen LogP contribution in [0.25, 0.3) is 0 Å². The van der Waals surface area contributed by atoms with Gasteiger partial charge in [-0.25, -0.2) is 17.8 Å². The van der Waals surface area contributed by atoms with Crippen LogP contribution in [0.15, 0.2) is 46.0 Å². The third-order valence-corrected chi connectivity index (χ3v) is 4.49. The Balaban J connectivity index is 2.38. The van der Waals surface area contributed by atoms with Crippen LogP contribution in [0.5, 0.6) is 0 Å². The third kappa shape index (κ3) is 3.23. The number of hydrogen-bond donors (Lipinski definition) is 1. The summed E-state index contributed by atoms with van der Waals surface area (Å²) in [4.78, 5) is 3.76. The maximum atomic E-state index is 13.0. The van der Waals surface area contributed by atoms with Crippen molar-refractivity contribution < 1.29 is 12.8 Å². The zero-order valence-corrected chi connectivity index (χ0v) is 12.4. The van der Waals surface area contributed by atoms with Crippen molar-refractivity contribution in [2.45, 2.75) is 4.90 Å². The number of benzene rings is 1. The minimum Gasteiger partial charge on any atom is -0.277 e. The molecule has 0 saturated carbocycles. The van der Waals surface area contributed by atoms with E-state index in [0.29, 0.717) is 4.60 Å². The lowest BCUT2D eigenvalue weighted by molar-refractivity contribution is 0.599. The highest BCUT2D eigenvalue weighted by Crippen LogP contribution is 2.24. The van der Waals surface area contributed by atoms with Gasteiger partial charge in [-0.05, 0) is 46.3 Å². The molecular formula is C11H7BrClFN2O2S. The monoisotopic (exact) mass is 364 g/mol. The summed E-state index contributed by atoms with van der Waals surface area (Å²) in [6.45, 7) is 0. The maximum Gasteiger partial charge on any atom is 0.262 e. The number of anilines is 1. The Hall–Kier alpha value is -1.18. The predicted octanol–water partition coefficient (Wildman–Crippen LogP) is 3.44. The van der Waals surface area contributed by atoms with E-state index in [0.717, 1.165) is 18.2 Å². The second kappa shape index (κ2) is 5.44. The molecule has 100 valence electrons. The van der Waals surface area contributed by atoms with E-state index < -0.39 is 15.8 Å². The molecule has 1 aromatic heterocycles. The highest BCUT2D eigenvalue weighted by molar-refractivity contribution is 9.10. The van der Waals surface area contributed by atoms with Crippen LogP contribution >= 0.6 is 27.5 Å². The van der Waals surface area contributed by atoms with Gasteiger partial charge in [0.1, 0.15) is 10.4 Å². The van der Waals surface area contributed by atoms with Crippen LogP contribution in [0.1, 0.15) is 0 Å². The molecule has 0 fully saturated rings. The molecule has 0 bridgehead atoms. The van der Waals surface area contributed by atoms with E-state index in [1.54, 1.807) is 12.1 Å². The molecule has 0 spiro atoms. The van der Waals surface area contributed by atoms with Gasteiger partial charge in [0, 0.05) is 6.20 Å². The lowest BCUT2D eigenvalue weighted by Crippen LogP contribution is -2.13. The van der Waals surface area contributed by atoms with Crippen molar-refractivity contribution in [3.05, 3.63) is 52.0 Å². The summed E-state index contributed by atoms with van der Waals surface area (Å²) in [5, 5.41) is -0.256. The van der Waals surface area contributed by atoms with E-state index in [-0.39, 0.29) is 15.6 Å². The van der Waals surface area contributed by atoms with Gasteiger partial charge in [0.15, 0.2) is 0 Å². The van der Waals surface area contributed by atoms with Gasteiger partial charge in [0.05, 0.1) is 15.6 Å². The van der Waals surface area contributed by atoms with Crippen molar-refractivity contribution >= 4 is 43.2 Å². The minimum atomic E-state index is -3.85. The number of pyridine rings is 1. The molecule has 0 aliphatic heterocycles. The van der Waals surface area contributed by atoms with Crippen molar-refractivity contribution in [2.24, 2.45) is 0 Å². The lowest BCUT2D eigenvalue weighted by atomic mass is 10.3. The normalized spacial score (nSPS) is 11.3. The number of hydrogen-bond acceptors (Lipinski definition) is 3. The minimum absolute atomic E-state index is 0.130. The molecule has 0 saturated heterocycles. The molecule has 0 amide bonds. The largest absolute Gasteiger partial charge is 0.277 e. The zero-order valence-electron chi connectivity index (χ0n) is 9.27. The molecule has 0 aliphatic rings. The molecule has 0 aliphatic carbocycles. The fraction of sp³-hybridized carbons (Fsp3) is 0. The Labute approximate surface area is 122 Å². The Kier molecular flexibility index (Phi) is 4.07. The Morgan fingerprint density at radius 2 is 2.05 bits per heavy atom. The first-order valence-electron chi connectivity index (χ1n) is 4.98. The molecule has 0 atom stereocenters. The molecule has 2 aromatic rings. The van der Waals surface area contributed by atoms with Gasteiger partial charge < -0.3 is 0 Å². The lowest BCUT2D eigenvalue weighted by Gasteiger charge is -2.09. The number of sulfonamides is 1. The fourth-order valence-electron chi connectivity index (χ4n) is 1.31. The molecule has 1 N–H and O–H groups in total. The molecular weight excluding hydrogens is 359 g/mol. The Morgan fingerprint density at radius 1 is 1.32 bits per heavy atom. The van der Waals surface area contributed by atoms with E-state index in [9.17, 15) is 12.8 Å². The van der Waals surface area contributed by atoms with E-state index in [2.05, 4.69) is 25.6 Å². The number of nitrogens with zero attached hydrogens (tertiary/aromatic N) is 1. The maximum absolute atomic E-state index is 13.0. The van der Waals surface area contributed by atoms with Crippen LogP contribution in [0.4, 0.5) is 10.1 Å². The molecule has 1 aromatic carbocycles. The molecule has 0 radical (unpaired) electrons. The number of nitrogens with one attached hydrogen (secondary N) is 1. The fourth-order valence-corrected chi connectivity index (χ4v) is 3.13. The van der Waals surface area contributed by atoms with E-state index in [4.69, 9.17) is 11.6 Å². The van der Waals surface area contributed by atoms with Crippen LogP contribution in [-0.2, 0) is 10.0 Å². The van der Waals surface area contributed by atoms with E-state index in [1.807, 2.05) is 0 Å². The van der Waals surface area contributed by atoms with Gasteiger partial charge in [-0.2, -0.15) is 0 Å². The van der Waals surface area contributed by atoms with Crippen LogP contribution in [0.3, 0.4) is 0 Å². The zero-order chi connectivity index (χ0) is 14.0. The van der Waals surface area contributed by atoms with Gasteiger partial charge in [-0.1, -0.05) is 11.6 Å². The van der Waals surface area contributed by atoms with Gasteiger partial charge in [-0.15, -0.1) is 0 Å². The Bertz CT molecular complexity index is 724. The highest BCUT2D eigenvalue weighted by atomic mass is 79.9. The summed E-state index contributed by atoms with van der Waals surface area (Å²) >= 11 is 8.69. The molecule has 4 nitrogen and oxygen atoms in total. The molecule has 2 rings (SSSR count). The summed E-state index contributed by atoms with van der Waals surface area (Å²) in [6, 6.07) is 6.30. The van der Waals surface area contributed by atoms with Crippen molar-refractivity contribution in [1.82, 2.24) is 4.98 Å². The predicted molar refractivity (Wildman–Crippen MR) is 74.2 cm³/mol. The first kappa shape index (κ1) is 14.2. The second-order valence-corrected chi connectivity index (χ2v) is 6.36. The van der Waals surface area contributed by atoms with Crippen molar-refractivity contribution in [1.29, 1.82) is 0 Å². The van der Waals surface area contributed by atoms with Crippen molar-refractivity contribution in [3.8, 4) is 0 Å². The van der Waals surface area contributed by atoms with Gasteiger partial charge in [0.25, 0.3) is 10.0 Å². The SMILES string of the molecule is O=S(=O)(Nc1cccnc1Br)c1ccc(F)c(Cl)c1. The summed E-state index contributed by atoms with van der Waals surface area (Å²) in [7, 11) is -3.85. The van der Waals surface area contributed by atoms with Crippen LogP contribution in [0, 0.1) is 5.82 Å². The molecule has 19 heavy (non-hydrogen) atoms. The molecule has 8 heteroatoms. The van der Waals surface area contributed by atoms with Crippen LogP contribution in [0.2, 0.25) is 5.02 Å². The standard InChI is InChI=1S/C11H7BrClFN2O2S/c12-11-10(2-1-5-15-11)16-19(17,18)7-3-4-9(14)8(13)6-7/h1-6,16H. The summed E-state index contributed by atoms with van der Waals surface area (Å²) in [5.41, 5.74) is 0.281. The first-order valence-corrected chi connectivity index (χ1v) is 7.64. The summed E-state index contributed by atoms with van der Waals surface area (Å²) in [6.07, 6.45) is 1.51. The van der Waals surface area contributed by atoms with Gasteiger partial charge >= 0.3 is 0 Å². The van der Waals surface area contributed by atoms with Crippen LogP contribution in [-0.4, -0.2) is 13.4 Å². The number of rotatable bonds is 3. The smallest absolute Gasteiger partial charge is 0.262 e.